The lowest BCUT2D eigenvalue weighted by Crippen LogP contribution is -2.36. The Morgan fingerprint density at radius 1 is 1.26 bits per heavy atom. The van der Waals surface area contributed by atoms with Gasteiger partial charge in [-0.05, 0) is 42.7 Å². The highest BCUT2D eigenvalue weighted by molar-refractivity contribution is 5.93. The van der Waals surface area contributed by atoms with Crippen molar-refractivity contribution in [3.05, 3.63) is 57.6 Å². The standard InChI is InChI=1S/C19H19N5O3/c1-11-6-13-3-5-16(25)22-18(13)19(27)24(11)10-17(26)20-8-12-2-4-15-14(7-12)9-21-23-15/h2,4,6-7,9H,3,5,8,10H2,1H3,(H,20,26)(H,21,23)(H,22,25). The number of pyridine rings is 1. The molecule has 8 nitrogen and oxygen atoms in total. The van der Waals surface area contributed by atoms with Gasteiger partial charge in [-0.1, -0.05) is 6.07 Å². The highest BCUT2D eigenvalue weighted by Gasteiger charge is 2.21. The first-order chi connectivity index (χ1) is 13.0. The molecule has 0 radical (unpaired) electrons. The summed E-state index contributed by atoms with van der Waals surface area (Å²) in [6, 6.07) is 7.62. The smallest absolute Gasteiger partial charge is 0.275 e. The number of nitrogens with one attached hydrogen (secondary N) is 3. The average molecular weight is 365 g/mol. The number of aromatic amines is 1. The second-order valence-corrected chi connectivity index (χ2v) is 6.69. The van der Waals surface area contributed by atoms with Crippen LogP contribution in [0.1, 0.15) is 23.2 Å². The third-order valence-corrected chi connectivity index (χ3v) is 4.77. The molecule has 1 aromatic carbocycles. The van der Waals surface area contributed by atoms with Crippen molar-refractivity contribution >= 4 is 28.4 Å². The number of rotatable bonds is 4. The van der Waals surface area contributed by atoms with Gasteiger partial charge in [-0.15, -0.1) is 0 Å². The lowest BCUT2D eigenvalue weighted by Gasteiger charge is -2.19. The predicted octanol–water partition coefficient (Wildman–Crippen LogP) is 1.23. The minimum Gasteiger partial charge on any atom is -0.350 e. The van der Waals surface area contributed by atoms with Gasteiger partial charge in [-0.25, -0.2) is 0 Å². The fraction of sp³-hybridized carbons (Fsp3) is 0.263. The number of carbonyl (C=O) groups excluding carboxylic acids is 2. The van der Waals surface area contributed by atoms with Gasteiger partial charge >= 0.3 is 0 Å². The monoisotopic (exact) mass is 365 g/mol. The maximum absolute atomic E-state index is 12.7. The molecule has 3 N–H and O–H groups in total. The van der Waals surface area contributed by atoms with Gasteiger partial charge in [0.1, 0.15) is 12.2 Å². The van der Waals surface area contributed by atoms with Gasteiger partial charge in [0.25, 0.3) is 5.56 Å². The Labute approximate surface area is 154 Å². The number of H-pyrrole nitrogens is 1. The van der Waals surface area contributed by atoms with Gasteiger partial charge < -0.3 is 15.2 Å². The molecule has 0 spiro atoms. The van der Waals surface area contributed by atoms with E-state index in [9.17, 15) is 14.4 Å². The molecule has 138 valence electrons. The number of benzene rings is 1. The van der Waals surface area contributed by atoms with Gasteiger partial charge in [0.05, 0.1) is 11.7 Å². The van der Waals surface area contributed by atoms with Gasteiger partial charge in [0, 0.05) is 24.0 Å². The Morgan fingerprint density at radius 3 is 2.96 bits per heavy atom. The maximum atomic E-state index is 12.7. The van der Waals surface area contributed by atoms with E-state index in [0.29, 0.717) is 25.1 Å². The largest absolute Gasteiger partial charge is 0.350 e. The van der Waals surface area contributed by atoms with E-state index in [1.54, 1.807) is 13.1 Å². The zero-order valence-electron chi connectivity index (χ0n) is 14.8. The third kappa shape index (κ3) is 3.33. The fourth-order valence-electron chi connectivity index (χ4n) is 3.31. The molecule has 2 aromatic heterocycles. The van der Waals surface area contributed by atoms with Crippen molar-refractivity contribution < 1.29 is 9.59 Å². The molecule has 4 rings (SSSR count). The molecule has 0 saturated carbocycles. The molecule has 1 aliphatic rings. The molecule has 2 amide bonds. The number of hydrogen-bond donors (Lipinski definition) is 3. The highest BCUT2D eigenvalue weighted by Crippen LogP contribution is 2.19. The lowest BCUT2D eigenvalue weighted by molar-refractivity contribution is -0.122. The topological polar surface area (TPSA) is 109 Å². The molecule has 3 aromatic rings. The first kappa shape index (κ1) is 17.0. The van der Waals surface area contributed by atoms with Crippen LogP contribution in [0, 0.1) is 6.92 Å². The normalized spacial score (nSPS) is 13.3. The number of amides is 2. The summed E-state index contributed by atoms with van der Waals surface area (Å²) in [6.45, 7) is 2.05. The Hall–Kier alpha value is -3.42. The lowest BCUT2D eigenvalue weighted by atomic mass is 10.0. The minimum absolute atomic E-state index is 0.0955. The number of hydrogen-bond acceptors (Lipinski definition) is 4. The van der Waals surface area contributed by atoms with Crippen LogP contribution < -0.4 is 16.2 Å². The number of anilines is 1. The van der Waals surface area contributed by atoms with Crippen LogP contribution in [0.3, 0.4) is 0 Å². The van der Waals surface area contributed by atoms with E-state index >= 15 is 0 Å². The summed E-state index contributed by atoms with van der Waals surface area (Å²) in [5.74, 6) is -0.441. The first-order valence-corrected chi connectivity index (χ1v) is 8.73. The van der Waals surface area contributed by atoms with Crippen molar-refractivity contribution in [2.75, 3.05) is 5.32 Å². The molecule has 0 atom stereocenters. The summed E-state index contributed by atoms with van der Waals surface area (Å²) in [4.78, 5) is 36.6. The minimum atomic E-state index is -0.340. The van der Waals surface area contributed by atoms with Crippen LogP contribution in [0.2, 0.25) is 0 Å². The summed E-state index contributed by atoms with van der Waals surface area (Å²) in [7, 11) is 0. The summed E-state index contributed by atoms with van der Waals surface area (Å²) >= 11 is 0. The van der Waals surface area contributed by atoms with Crippen LogP contribution in [0.4, 0.5) is 5.69 Å². The van der Waals surface area contributed by atoms with Crippen LogP contribution in [0.15, 0.2) is 35.3 Å². The Morgan fingerprint density at radius 2 is 2.11 bits per heavy atom. The van der Waals surface area contributed by atoms with E-state index in [4.69, 9.17) is 0 Å². The zero-order chi connectivity index (χ0) is 19.0. The quantitative estimate of drug-likeness (QED) is 0.646. The molecule has 0 saturated heterocycles. The molecule has 0 fully saturated rings. The van der Waals surface area contributed by atoms with E-state index in [1.807, 2.05) is 24.3 Å². The Kier molecular flexibility index (Phi) is 4.23. The van der Waals surface area contributed by atoms with Gasteiger partial charge in [0.15, 0.2) is 0 Å². The number of carbonyl (C=O) groups is 2. The van der Waals surface area contributed by atoms with E-state index in [2.05, 4.69) is 20.8 Å². The molecular formula is C19H19N5O3. The summed E-state index contributed by atoms with van der Waals surface area (Å²) in [5.41, 5.74) is 3.34. The molecule has 1 aliphatic heterocycles. The van der Waals surface area contributed by atoms with E-state index in [-0.39, 0.29) is 29.6 Å². The SMILES string of the molecule is Cc1cc2c(c(=O)n1CC(=O)NCc1ccc3[nH]ncc3c1)NC(=O)CC2. The van der Waals surface area contributed by atoms with Crippen molar-refractivity contribution in [3.8, 4) is 0 Å². The molecule has 0 bridgehead atoms. The number of aryl methyl sites for hydroxylation is 2. The van der Waals surface area contributed by atoms with Crippen LogP contribution >= 0.6 is 0 Å². The second-order valence-electron chi connectivity index (χ2n) is 6.69. The third-order valence-electron chi connectivity index (χ3n) is 4.77. The van der Waals surface area contributed by atoms with Crippen LogP contribution in [-0.4, -0.2) is 26.6 Å². The zero-order valence-corrected chi connectivity index (χ0v) is 14.8. The summed E-state index contributed by atoms with van der Waals surface area (Å²) in [5, 5.41) is 13.3. The summed E-state index contributed by atoms with van der Waals surface area (Å²) in [6.07, 6.45) is 2.64. The number of aromatic nitrogens is 3. The first-order valence-electron chi connectivity index (χ1n) is 8.73. The number of nitrogens with zero attached hydrogens (tertiary/aromatic N) is 2. The maximum Gasteiger partial charge on any atom is 0.275 e. The van der Waals surface area contributed by atoms with E-state index in [1.165, 1.54) is 4.57 Å². The molecular weight excluding hydrogens is 346 g/mol. The van der Waals surface area contributed by atoms with Crippen LogP contribution in [0.5, 0.6) is 0 Å². The van der Waals surface area contributed by atoms with Gasteiger partial charge in [-0.2, -0.15) is 5.10 Å². The van der Waals surface area contributed by atoms with E-state index < -0.39 is 0 Å². The molecule has 0 unspecified atom stereocenters. The van der Waals surface area contributed by atoms with Crippen molar-refractivity contribution in [1.82, 2.24) is 20.1 Å². The molecule has 27 heavy (non-hydrogen) atoms. The van der Waals surface area contributed by atoms with Gasteiger partial charge in [-0.3, -0.25) is 19.5 Å². The van der Waals surface area contributed by atoms with Crippen molar-refractivity contribution in [2.24, 2.45) is 0 Å². The molecule has 8 heteroatoms. The predicted molar refractivity (Wildman–Crippen MR) is 100 cm³/mol. The van der Waals surface area contributed by atoms with E-state index in [0.717, 1.165) is 22.0 Å². The Balaban J connectivity index is 1.48. The van der Waals surface area contributed by atoms with Crippen molar-refractivity contribution in [2.45, 2.75) is 32.9 Å². The molecule has 3 heterocycles. The summed E-state index contributed by atoms with van der Waals surface area (Å²) < 4.78 is 1.39. The fourth-order valence-corrected chi connectivity index (χ4v) is 3.31. The molecule has 0 aliphatic carbocycles. The van der Waals surface area contributed by atoms with Crippen molar-refractivity contribution in [3.63, 3.8) is 0 Å². The average Bonchev–Trinajstić information content (AvgIpc) is 3.12. The highest BCUT2D eigenvalue weighted by atomic mass is 16.2. The number of fused-ring (bicyclic) bond motifs is 2. The van der Waals surface area contributed by atoms with Gasteiger partial charge in [0.2, 0.25) is 11.8 Å². The Bertz CT molecular complexity index is 1110. The van der Waals surface area contributed by atoms with Crippen LogP contribution in [0.25, 0.3) is 10.9 Å². The van der Waals surface area contributed by atoms with Crippen molar-refractivity contribution in [1.29, 1.82) is 0 Å². The van der Waals surface area contributed by atoms with Crippen LogP contribution in [-0.2, 0) is 29.1 Å². The second kappa shape index (κ2) is 6.71.